The molecule has 0 spiro atoms. The van der Waals surface area contributed by atoms with Crippen molar-refractivity contribution in [2.24, 2.45) is 0 Å². The molecule has 160 valence electrons. The molecule has 0 saturated carbocycles. The molecule has 1 aliphatic heterocycles. The van der Waals surface area contributed by atoms with Gasteiger partial charge in [0.25, 0.3) is 17.7 Å². The van der Waals surface area contributed by atoms with E-state index in [2.05, 4.69) is 15.6 Å². The predicted octanol–water partition coefficient (Wildman–Crippen LogP) is 2.63. The Labute approximate surface area is 184 Å². The van der Waals surface area contributed by atoms with Crippen molar-refractivity contribution in [3.63, 3.8) is 0 Å². The topological polar surface area (TPSA) is 108 Å². The van der Waals surface area contributed by atoms with Crippen molar-refractivity contribution in [3.8, 4) is 0 Å². The summed E-state index contributed by atoms with van der Waals surface area (Å²) >= 11 is 0. The molecule has 0 aliphatic carbocycles. The fourth-order valence-corrected chi connectivity index (χ4v) is 3.46. The molecule has 1 unspecified atom stereocenters. The van der Waals surface area contributed by atoms with Gasteiger partial charge in [-0.15, -0.1) is 0 Å². The summed E-state index contributed by atoms with van der Waals surface area (Å²) in [7, 11) is 0. The lowest BCUT2D eigenvalue weighted by Gasteiger charge is -2.21. The molecule has 0 radical (unpaired) electrons. The zero-order chi connectivity index (χ0) is 22.7. The Balaban J connectivity index is 1.40. The van der Waals surface area contributed by atoms with E-state index in [-0.39, 0.29) is 12.5 Å². The Morgan fingerprint density at radius 1 is 0.969 bits per heavy atom. The Kier molecular flexibility index (Phi) is 5.76. The number of carbonyl (C=O) groups is 4. The maximum absolute atomic E-state index is 12.8. The van der Waals surface area contributed by atoms with Gasteiger partial charge in [0.15, 0.2) is 0 Å². The third-order valence-electron chi connectivity index (χ3n) is 5.16. The van der Waals surface area contributed by atoms with E-state index in [0.29, 0.717) is 22.4 Å². The minimum absolute atomic E-state index is 0.255. The Morgan fingerprint density at radius 3 is 2.34 bits per heavy atom. The first kappa shape index (κ1) is 20.9. The zero-order valence-electron chi connectivity index (χ0n) is 17.2. The molecule has 8 heteroatoms. The molecule has 8 nitrogen and oxygen atoms in total. The van der Waals surface area contributed by atoms with E-state index >= 15 is 0 Å². The van der Waals surface area contributed by atoms with Gasteiger partial charge in [0.1, 0.15) is 6.04 Å². The standard InChI is InChI=1S/C24H20N4O4/c1-15(28-23(31)19-9-2-3-10-20(19)24(28)32)21(29)27-18-8-4-6-16(12-18)13-26-22(30)17-7-5-11-25-14-17/h2-12,14-15H,13H2,1H3,(H,26,30)(H,27,29). The van der Waals surface area contributed by atoms with Gasteiger partial charge in [0.2, 0.25) is 5.91 Å². The van der Waals surface area contributed by atoms with Gasteiger partial charge in [-0.3, -0.25) is 29.1 Å². The molecule has 1 aromatic heterocycles. The molecule has 0 fully saturated rings. The van der Waals surface area contributed by atoms with Gasteiger partial charge in [-0.05, 0) is 48.9 Å². The second kappa shape index (κ2) is 8.81. The van der Waals surface area contributed by atoms with Crippen LogP contribution in [0.25, 0.3) is 0 Å². The van der Waals surface area contributed by atoms with Crippen LogP contribution in [-0.4, -0.2) is 39.6 Å². The summed E-state index contributed by atoms with van der Waals surface area (Å²) in [4.78, 5) is 55.1. The number of nitrogens with zero attached hydrogens (tertiary/aromatic N) is 2. The van der Waals surface area contributed by atoms with E-state index in [1.807, 2.05) is 6.07 Å². The third kappa shape index (κ3) is 4.11. The number of hydrogen-bond donors (Lipinski definition) is 2. The van der Waals surface area contributed by atoms with E-state index in [1.54, 1.807) is 60.8 Å². The van der Waals surface area contributed by atoms with Crippen molar-refractivity contribution < 1.29 is 19.2 Å². The summed E-state index contributed by atoms with van der Waals surface area (Å²) in [6, 6.07) is 15.8. The number of benzene rings is 2. The quantitative estimate of drug-likeness (QED) is 0.587. The van der Waals surface area contributed by atoms with Gasteiger partial charge in [-0.25, -0.2) is 0 Å². The molecule has 1 atom stereocenters. The average molecular weight is 428 g/mol. The molecule has 2 N–H and O–H groups in total. The van der Waals surface area contributed by atoms with Crippen molar-refractivity contribution in [3.05, 3.63) is 95.3 Å². The van der Waals surface area contributed by atoms with Crippen LogP contribution in [0.2, 0.25) is 0 Å². The van der Waals surface area contributed by atoms with E-state index < -0.39 is 23.8 Å². The molecule has 3 aromatic rings. The summed E-state index contributed by atoms with van der Waals surface area (Å²) in [6.45, 7) is 1.76. The summed E-state index contributed by atoms with van der Waals surface area (Å²) in [6.07, 6.45) is 3.07. The largest absolute Gasteiger partial charge is 0.348 e. The zero-order valence-corrected chi connectivity index (χ0v) is 17.2. The van der Waals surface area contributed by atoms with Gasteiger partial charge < -0.3 is 10.6 Å². The average Bonchev–Trinajstić information content (AvgIpc) is 3.08. The van der Waals surface area contributed by atoms with Crippen LogP contribution in [0.4, 0.5) is 5.69 Å². The highest BCUT2D eigenvalue weighted by Crippen LogP contribution is 2.25. The number of aromatic nitrogens is 1. The molecule has 4 rings (SSSR count). The summed E-state index contributed by atoms with van der Waals surface area (Å²) in [5.41, 5.74) is 2.30. The van der Waals surface area contributed by atoms with E-state index in [0.717, 1.165) is 10.5 Å². The first-order valence-electron chi connectivity index (χ1n) is 10.0. The lowest BCUT2D eigenvalue weighted by Crippen LogP contribution is -2.45. The van der Waals surface area contributed by atoms with Crippen LogP contribution in [0.1, 0.15) is 43.6 Å². The summed E-state index contributed by atoms with van der Waals surface area (Å²) in [5, 5.41) is 5.53. The van der Waals surface area contributed by atoms with Crippen molar-refractivity contribution >= 4 is 29.3 Å². The molecular formula is C24H20N4O4. The van der Waals surface area contributed by atoms with Crippen molar-refractivity contribution in [1.82, 2.24) is 15.2 Å². The van der Waals surface area contributed by atoms with Gasteiger partial charge >= 0.3 is 0 Å². The lowest BCUT2D eigenvalue weighted by molar-refractivity contribution is -0.119. The highest BCUT2D eigenvalue weighted by atomic mass is 16.2. The fraction of sp³-hybridized carbons (Fsp3) is 0.125. The SMILES string of the molecule is CC(C(=O)Nc1cccc(CNC(=O)c2cccnc2)c1)N1C(=O)c2ccccc2C1=O. The monoisotopic (exact) mass is 428 g/mol. The molecule has 4 amide bonds. The van der Waals surface area contributed by atoms with Gasteiger partial charge in [-0.2, -0.15) is 0 Å². The first-order valence-corrected chi connectivity index (χ1v) is 10.0. The summed E-state index contributed by atoms with van der Waals surface area (Å²) in [5.74, 6) is -1.72. The lowest BCUT2D eigenvalue weighted by atomic mass is 10.1. The second-order valence-corrected chi connectivity index (χ2v) is 7.32. The maximum Gasteiger partial charge on any atom is 0.262 e. The second-order valence-electron chi connectivity index (χ2n) is 7.32. The number of hydrogen-bond acceptors (Lipinski definition) is 5. The highest BCUT2D eigenvalue weighted by molar-refractivity contribution is 6.23. The number of rotatable bonds is 6. The minimum atomic E-state index is -0.990. The molecular weight excluding hydrogens is 408 g/mol. The van der Waals surface area contributed by atoms with Crippen molar-refractivity contribution in [2.45, 2.75) is 19.5 Å². The summed E-state index contributed by atoms with van der Waals surface area (Å²) < 4.78 is 0. The molecule has 0 bridgehead atoms. The van der Waals surface area contributed by atoms with Crippen LogP contribution >= 0.6 is 0 Å². The maximum atomic E-state index is 12.8. The van der Waals surface area contributed by atoms with Crippen LogP contribution in [0, 0.1) is 0 Å². The predicted molar refractivity (Wildman–Crippen MR) is 117 cm³/mol. The Bertz CT molecular complexity index is 1170. The fourth-order valence-electron chi connectivity index (χ4n) is 3.46. The molecule has 2 aromatic carbocycles. The van der Waals surface area contributed by atoms with Crippen molar-refractivity contribution in [2.75, 3.05) is 5.32 Å². The van der Waals surface area contributed by atoms with E-state index in [9.17, 15) is 19.2 Å². The van der Waals surface area contributed by atoms with Crippen molar-refractivity contribution in [1.29, 1.82) is 0 Å². The van der Waals surface area contributed by atoms with E-state index in [4.69, 9.17) is 0 Å². The Hall–Kier alpha value is -4.33. The highest BCUT2D eigenvalue weighted by Gasteiger charge is 2.40. The van der Waals surface area contributed by atoms with E-state index in [1.165, 1.54) is 13.1 Å². The molecule has 0 saturated heterocycles. The number of anilines is 1. The number of amides is 4. The normalized spacial score (nSPS) is 13.5. The van der Waals surface area contributed by atoms with Gasteiger partial charge in [0, 0.05) is 24.6 Å². The molecule has 2 heterocycles. The van der Waals surface area contributed by atoms with Gasteiger partial charge in [0.05, 0.1) is 16.7 Å². The third-order valence-corrected chi connectivity index (χ3v) is 5.16. The molecule has 32 heavy (non-hydrogen) atoms. The number of imide groups is 1. The number of carbonyl (C=O) groups excluding carboxylic acids is 4. The molecule has 1 aliphatic rings. The van der Waals surface area contributed by atoms with Crippen LogP contribution in [0.5, 0.6) is 0 Å². The first-order chi connectivity index (χ1) is 15.5. The van der Waals surface area contributed by atoms with Gasteiger partial charge in [-0.1, -0.05) is 24.3 Å². The van der Waals surface area contributed by atoms with Crippen LogP contribution in [0.15, 0.2) is 73.1 Å². The minimum Gasteiger partial charge on any atom is -0.348 e. The van der Waals surface area contributed by atoms with Crippen LogP contribution in [0.3, 0.4) is 0 Å². The smallest absolute Gasteiger partial charge is 0.262 e. The van der Waals surface area contributed by atoms with Crippen LogP contribution < -0.4 is 10.6 Å². The number of nitrogens with one attached hydrogen (secondary N) is 2. The number of fused-ring (bicyclic) bond motifs is 1. The number of pyridine rings is 1. The Morgan fingerprint density at radius 2 is 1.69 bits per heavy atom. The van der Waals surface area contributed by atoms with Crippen LogP contribution in [-0.2, 0) is 11.3 Å².